The number of fused-ring (bicyclic) bond motifs is 1. The summed E-state index contributed by atoms with van der Waals surface area (Å²) in [5.74, 6) is 0. The van der Waals surface area contributed by atoms with E-state index in [1.807, 2.05) is 26.0 Å². The standard InChI is InChI=1S/C8H14N2O.C3H9N/c11-6-7-2-3-8-9-4-1-5-10(7)8;1-4(2)3/h6-9H,1-5H2;1-3H3. The first-order valence-electron chi connectivity index (χ1n) is 5.70. The molecular formula is C11H23N3O. The molecule has 0 radical (unpaired) electrons. The number of carbonyl (C=O) groups is 1. The Balaban J connectivity index is 0.000000245. The second kappa shape index (κ2) is 6.20. The van der Waals surface area contributed by atoms with Crippen molar-refractivity contribution < 1.29 is 4.79 Å². The van der Waals surface area contributed by atoms with Gasteiger partial charge >= 0.3 is 0 Å². The van der Waals surface area contributed by atoms with E-state index in [-0.39, 0.29) is 6.04 Å². The van der Waals surface area contributed by atoms with E-state index in [0.717, 1.165) is 32.2 Å². The maximum atomic E-state index is 10.6. The van der Waals surface area contributed by atoms with Crippen LogP contribution in [-0.4, -0.2) is 62.5 Å². The molecule has 2 aliphatic rings. The van der Waals surface area contributed by atoms with Crippen LogP contribution in [0.4, 0.5) is 0 Å². The van der Waals surface area contributed by atoms with Gasteiger partial charge in [-0.1, -0.05) is 0 Å². The second-order valence-corrected chi connectivity index (χ2v) is 4.68. The van der Waals surface area contributed by atoms with Gasteiger partial charge in [0, 0.05) is 6.54 Å². The molecule has 0 aliphatic carbocycles. The number of nitrogens with one attached hydrogen (secondary N) is 1. The van der Waals surface area contributed by atoms with Gasteiger partial charge in [0.05, 0.1) is 12.2 Å². The zero-order valence-electron chi connectivity index (χ0n) is 10.1. The predicted molar refractivity (Wildman–Crippen MR) is 61.8 cm³/mol. The summed E-state index contributed by atoms with van der Waals surface area (Å²) in [6, 6.07) is 0.202. The van der Waals surface area contributed by atoms with Crippen molar-refractivity contribution >= 4 is 6.29 Å². The molecule has 0 bridgehead atoms. The minimum atomic E-state index is 0.202. The van der Waals surface area contributed by atoms with Gasteiger partial charge in [-0.15, -0.1) is 0 Å². The lowest BCUT2D eigenvalue weighted by Crippen LogP contribution is -2.50. The molecule has 0 aromatic rings. The van der Waals surface area contributed by atoms with Crippen molar-refractivity contribution in [2.24, 2.45) is 0 Å². The van der Waals surface area contributed by atoms with Crippen LogP contribution < -0.4 is 5.32 Å². The number of aldehydes is 1. The van der Waals surface area contributed by atoms with E-state index in [9.17, 15) is 4.79 Å². The van der Waals surface area contributed by atoms with Gasteiger partial charge in [0.25, 0.3) is 0 Å². The number of hydrogen-bond donors (Lipinski definition) is 1. The zero-order valence-corrected chi connectivity index (χ0v) is 10.1. The van der Waals surface area contributed by atoms with Gasteiger partial charge in [-0.3, -0.25) is 4.90 Å². The van der Waals surface area contributed by atoms with Crippen molar-refractivity contribution in [3.63, 3.8) is 0 Å². The second-order valence-electron chi connectivity index (χ2n) is 4.68. The number of carbonyl (C=O) groups excluding carboxylic acids is 1. The molecule has 0 amide bonds. The van der Waals surface area contributed by atoms with Crippen LogP contribution in [0, 0.1) is 0 Å². The summed E-state index contributed by atoms with van der Waals surface area (Å²) in [5.41, 5.74) is 0. The van der Waals surface area contributed by atoms with Crippen LogP contribution in [0.15, 0.2) is 0 Å². The summed E-state index contributed by atoms with van der Waals surface area (Å²) in [7, 11) is 6.00. The van der Waals surface area contributed by atoms with Gasteiger partial charge in [0.15, 0.2) is 0 Å². The van der Waals surface area contributed by atoms with E-state index in [2.05, 4.69) is 10.2 Å². The predicted octanol–water partition coefficient (Wildman–Crippen LogP) is 0.147. The molecule has 2 unspecified atom stereocenters. The highest BCUT2D eigenvalue weighted by atomic mass is 16.1. The molecule has 2 atom stereocenters. The highest BCUT2D eigenvalue weighted by molar-refractivity contribution is 5.58. The molecule has 0 aromatic carbocycles. The number of hydrogen-bond acceptors (Lipinski definition) is 4. The summed E-state index contributed by atoms with van der Waals surface area (Å²) < 4.78 is 0. The SMILES string of the molecule is CN(C)C.O=CC1CCC2NCCCN12. The van der Waals surface area contributed by atoms with Gasteiger partial charge in [-0.2, -0.15) is 0 Å². The molecule has 1 N–H and O–H groups in total. The Kier molecular flexibility index (Phi) is 5.22. The third kappa shape index (κ3) is 3.89. The van der Waals surface area contributed by atoms with Crippen LogP contribution in [0.25, 0.3) is 0 Å². The van der Waals surface area contributed by atoms with Crippen LogP contribution in [-0.2, 0) is 4.79 Å². The molecule has 0 spiro atoms. The van der Waals surface area contributed by atoms with Crippen LogP contribution in [0.3, 0.4) is 0 Å². The minimum Gasteiger partial charge on any atom is -0.312 e. The Labute approximate surface area is 92.6 Å². The van der Waals surface area contributed by atoms with Crippen molar-refractivity contribution in [1.29, 1.82) is 0 Å². The van der Waals surface area contributed by atoms with Crippen molar-refractivity contribution in [1.82, 2.24) is 15.1 Å². The largest absolute Gasteiger partial charge is 0.312 e. The molecule has 4 heteroatoms. The van der Waals surface area contributed by atoms with Gasteiger partial charge in [0.1, 0.15) is 6.29 Å². The Morgan fingerprint density at radius 2 is 2.00 bits per heavy atom. The van der Waals surface area contributed by atoms with Crippen molar-refractivity contribution in [2.75, 3.05) is 34.2 Å². The van der Waals surface area contributed by atoms with E-state index in [1.54, 1.807) is 0 Å². The van der Waals surface area contributed by atoms with Crippen LogP contribution >= 0.6 is 0 Å². The third-order valence-corrected chi connectivity index (χ3v) is 2.69. The highest BCUT2D eigenvalue weighted by Crippen LogP contribution is 2.23. The monoisotopic (exact) mass is 213 g/mol. The maximum absolute atomic E-state index is 10.6. The molecule has 2 saturated heterocycles. The van der Waals surface area contributed by atoms with E-state index in [1.165, 1.54) is 6.42 Å². The Morgan fingerprint density at radius 3 is 2.60 bits per heavy atom. The van der Waals surface area contributed by atoms with E-state index in [4.69, 9.17) is 0 Å². The van der Waals surface area contributed by atoms with Crippen LogP contribution in [0.2, 0.25) is 0 Å². The van der Waals surface area contributed by atoms with Gasteiger partial charge in [0.2, 0.25) is 0 Å². The number of rotatable bonds is 1. The van der Waals surface area contributed by atoms with E-state index >= 15 is 0 Å². The van der Waals surface area contributed by atoms with Crippen molar-refractivity contribution in [3.05, 3.63) is 0 Å². The molecule has 2 aliphatic heterocycles. The van der Waals surface area contributed by atoms with Crippen molar-refractivity contribution in [3.8, 4) is 0 Å². The Bertz CT molecular complexity index is 194. The van der Waals surface area contributed by atoms with E-state index in [0.29, 0.717) is 6.17 Å². The molecule has 2 fully saturated rings. The molecule has 0 aromatic heterocycles. The smallest absolute Gasteiger partial charge is 0.137 e. The average Bonchev–Trinajstić information content (AvgIpc) is 2.59. The molecule has 15 heavy (non-hydrogen) atoms. The quantitative estimate of drug-likeness (QED) is 0.629. The van der Waals surface area contributed by atoms with Crippen LogP contribution in [0.1, 0.15) is 19.3 Å². The fourth-order valence-electron chi connectivity index (χ4n) is 2.11. The first-order chi connectivity index (χ1) is 7.15. The zero-order chi connectivity index (χ0) is 11.3. The van der Waals surface area contributed by atoms with Crippen LogP contribution in [0.5, 0.6) is 0 Å². The minimum absolute atomic E-state index is 0.202. The lowest BCUT2D eigenvalue weighted by atomic mass is 10.2. The maximum Gasteiger partial charge on any atom is 0.137 e. The van der Waals surface area contributed by atoms with E-state index < -0.39 is 0 Å². The Hall–Kier alpha value is -0.450. The molecule has 88 valence electrons. The van der Waals surface area contributed by atoms with Gasteiger partial charge < -0.3 is 15.0 Å². The first-order valence-corrected chi connectivity index (χ1v) is 5.70. The Morgan fingerprint density at radius 1 is 1.33 bits per heavy atom. The highest BCUT2D eigenvalue weighted by Gasteiger charge is 2.33. The lowest BCUT2D eigenvalue weighted by Gasteiger charge is -2.32. The summed E-state index contributed by atoms with van der Waals surface area (Å²) in [6.07, 6.45) is 4.96. The molecule has 2 rings (SSSR count). The number of nitrogens with zero attached hydrogens (tertiary/aromatic N) is 2. The third-order valence-electron chi connectivity index (χ3n) is 2.69. The fraction of sp³-hybridized carbons (Fsp3) is 0.909. The van der Waals surface area contributed by atoms with Crippen molar-refractivity contribution in [2.45, 2.75) is 31.5 Å². The first kappa shape index (κ1) is 12.6. The molecular weight excluding hydrogens is 190 g/mol. The summed E-state index contributed by atoms with van der Waals surface area (Å²) in [5, 5.41) is 3.41. The summed E-state index contributed by atoms with van der Waals surface area (Å²) in [4.78, 5) is 14.9. The summed E-state index contributed by atoms with van der Waals surface area (Å²) >= 11 is 0. The topological polar surface area (TPSA) is 35.6 Å². The van der Waals surface area contributed by atoms with Gasteiger partial charge in [-0.05, 0) is 47.0 Å². The fourth-order valence-corrected chi connectivity index (χ4v) is 2.11. The van der Waals surface area contributed by atoms with Gasteiger partial charge in [-0.25, -0.2) is 0 Å². The summed E-state index contributed by atoms with van der Waals surface area (Å²) in [6.45, 7) is 2.22. The normalized spacial score (nSPS) is 30.7. The molecule has 0 saturated carbocycles. The average molecular weight is 213 g/mol. The lowest BCUT2D eigenvalue weighted by molar-refractivity contribution is -0.112. The molecule has 4 nitrogen and oxygen atoms in total. The molecule has 2 heterocycles.